The molecule has 10 heteroatoms. The smallest absolute Gasteiger partial charge is 0.263 e. The SMILES string of the molecule is COc1ccc(C2=CCN(C(=O)c3ccc(NS(=O)(=O)c4cc(Br)ccc4Br)cc3)CC2)cc1OC. The van der Waals surface area contributed by atoms with E-state index >= 15 is 0 Å². The van der Waals surface area contributed by atoms with Crippen LogP contribution in [0.25, 0.3) is 5.57 Å². The lowest BCUT2D eigenvalue weighted by Gasteiger charge is -2.27. The molecule has 1 N–H and O–H groups in total. The largest absolute Gasteiger partial charge is 0.493 e. The molecule has 0 unspecified atom stereocenters. The Bertz CT molecular complexity index is 1420. The van der Waals surface area contributed by atoms with Gasteiger partial charge in [0.15, 0.2) is 11.5 Å². The molecule has 0 saturated heterocycles. The molecule has 0 fully saturated rings. The summed E-state index contributed by atoms with van der Waals surface area (Å²) < 4.78 is 40.0. The highest BCUT2D eigenvalue weighted by atomic mass is 79.9. The highest BCUT2D eigenvalue weighted by molar-refractivity contribution is 9.11. The van der Waals surface area contributed by atoms with Crippen LogP contribution in [0.4, 0.5) is 5.69 Å². The maximum Gasteiger partial charge on any atom is 0.263 e. The zero-order chi connectivity index (χ0) is 25.9. The zero-order valence-corrected chi connectivity index (χ0v) is 23.6. The molecule has 3 aromatic rings. The molecular formula is C26H24Br2N2O5S. The lowest BCUT2D eigenvalue weighted by atomic mass is 9.98. The fourth-order valence-corrected chi connectivity index (χ4v) is 6.47. The highest BCUT2D eigenvalue weighted by Crippen LogP contribution is 2.33. The number of ether oxygens (including phenoxy) is 2. The van der Waals surface area contributed by atoms with E-state index in [-0.39, 0.29) is 10.8 Å². The van der Waals surface area contributed by atoms with Crippen LogP contribution in [0.2, 0.25) is 0 Å². The van der Waals surface area contributed by atoms with Gasteiger partial charge in [0.05, 0.1) is 14.2 Å². The minimum absolute atomic E-state index is 0.109. The quantitative estimate of drug-likeness (QED) is 0.346. The number of carbonyl (C=O) groups is 1. The molecular weight excluding hydrogens is 612 g/mol. The lowest BCUT2D eigenvalue weighted by molar-refractivity contribution is 0.0773. The maximum atomic E-state index is 13.0. The third-order valence-corrected chi connectivity index (χ3v) is 8.69. The number of sulfonamides is 1. The summed E-state index contributed by atoms with van der Waals surface area (Å²) in [6, 6.07) is 17.2. The minimum Gasteiger partial charge on any atom is -0.493 e. The normalized spacial score (nSPS) is 13.7. The van der Waals surface area contributed by atoms with E-state index < -0.39 is 10.0 Å². The van der Waals surface area contributed by atoms with Crippen LogP contribution in [0.5, 0.6) is 11.5 Å². The lowest BCUT2D eigenvalue weighted by Crippen LogP contribution is -2.34. The first-order valence-electron chi connectivity index (χ1n) is 11.0. The summed E-state index contributed by atoms with van der Waals surface area (Å²) in [5, 5.41) is 0. The second-order valence-electron chi connectivity index (χ2n) is 8.06. The van der Waals surface area contributed by atoms with Crippen LogP contribution < -0.4 is 14.2 Å². The number of nitrogens with one attached hydrogen (secondary N) is 1. The average Bonchev–Trinajstić information content (AvgIpc) is 2.89. The van der Waals surface area contributed by atoms with E-state index in [0.717, 1.165) is 11.1 Å². The van der Waals surface area contributed by atoms with Gasteiger partial charge in [0.25, 0.3) is 15.9 Å². The number of halogens is 2. The molecule has 0 saturated carbocycles. The van der Waals surface area contributed by atoms with Crippen LogP contribution in [0.3, 0.4) is 0 Å². The van der Waals surface area contributed by atoms with E-state index in [2.05, 4.69) is 36.6 Å². The van der Waals surface area contributed by atoms with Crippen molar-refractivity contribution in [3.8, 4) is 11.5 Å². The minimum atomic E-state index is -3.81. The molecule has 3 aromatic carbocycles. The molecule has 1 heterocycles. The van der Waals surface area contributed by atoms with E-state index in [1.807, 2.05) is 24.3 Å². The molecule has 1 aliphatic rings. The summed E-state index contributed by atoms with van der Waals surface area (Å²) in [4.78, 5) is 14.9. The number of benzene rings is 3. The molecule has 4 rings (SSSR count). The summed E-state index contributed by atoms with van der Waals surface area (Å²) in [6.07, 6.45) is 2.75. The van der Waals surface area contributed by atoms with Crippen LogP contribution in [-0.2, 0) is 10.0 Å². The number of carbonyl (C=O) groups excluding carboxylic acids is 1. The first kappa shape index (κ1) is 26.2. The molecule has 0 spiro atoms. The van der Waals surface area contributed by atoms with E-state index in [1.54, 1.807) is 55.5 Å². The topological polar surface area (TPSA) is 84.9 Å². The van der Waals surface area contributed by atoms with Crippen molar-refractivity contribution in [2.24, 2.45) is 0 Å². The summed E-state index contributed by atoms with van der Waals surface area (Å²) in [6.45, 7) is 1.05. The molecule has 1 aliphatic heterocycles. The van der Waals surface area contributed by atoms with Gasteiger partial charge < -0.3 is 14.4 Å². The third kappa shape index (κ3) is 5.77. The second-order valence-corrected chi connectivity index (χ2v) is 11.5. The standard InChI is InChI=1S/C26H24Br2N2O5S/c1-34-23-10-5-19(15-24(23)35-2)17-11-13-30(14-12-17)26(31)18-3-7-21(8-4-18)29-36(32,33)25-16-20(27)6-9-22(25)28/h3-11,15-16,29H,12-14H2,1-2H3. The summed E-state index contributed by atoms with van der Waals surface area (Å²) in [5.74, 6) is 1.23. The molecule has 7 nitrogen and oxygen atoms in total. The number of hydrogen-bond donors (Lipinski definition) is 1. The van der Waals surface area contributed by atoms with Gasteiger partial charge in [0.2, 0.25) is 0 Å². The monoisotopic (exact) mass is 634 g/mol. The highest BCUT2D eigenvalue weighted by Gasteiger charge is 2.21. The van der Waals surface area contributed by atoms with E-state index in [4.69, 9.17) is 9.47 Å². The fourth-order valence-electron chi connectivity index (χ4n) is 3.91. The van der Waals surface area contributed by atoms with Crippen molar-refractivity contribution < 1.29 is 22.7 Å². The first-order chi connectivity index (χ1) is 17.2. The van der Waals surface area contributed by atoms with Gasteiger partial charge in [-0.2, -0.15) is 0 Å². The molecule has 1 amide bonds. The van der Waals surface area contributed by atoms with Crippen molar-refractivity contribution in [2.75, 3.05) is 32.0 Å². The van der Waals surface area contributed by atoms with E-state index in [0.29, 0.717) is 51.2 Å². The van der Waals surface area contributed by atoms with Gasteiger partial charge in [-0.25, -0.2) is 8.42 Å². The fraction of sp³-hybridized carbons (Fsp3) is 0.192. The van der Waals surface area contributed by atoms with Gasteiger partial charge in [-0.05, 0) is 88.1 Å². The molecule has 0 atom stereocenters. The van der Waals surface area contributed by atoms with Crippen molar-refractivity contribution in [1.82, 2.24) is 4.90 Å². The summed E-state index contributed by atoms with van der Waals surface area (Å²) >= 11 is 6.58. The summed E-state index contributed by atoms with van der Waals surface area (Å²) in [5.41, 5.74) is 3.04. The van der Waals surface area contributed by atoms with Gasteiger partial charge in [0.1, 0.15) is 4.90 Å². The number of rotatable bonds is 7. The van der Waals surface area contributed by atoms with Gasteiger partial charge >= 0.3 is 0 Å². The predicted molar refractivity (Wildman–Crippen MR) is 147 cm³/mol. The van der Waals surface area contributed by atoms with Crippen LogP contribution in [0, 0.1) is 0 Å². The van der Waals surface area contributed by atoms with Crippen LogP contribution in [0.15, 0.2) is 80.6 Å². The van der Waals surface area contributed by atoms with Crippen molar-refractivity contribution >= 4 is 59.1 Å². The van der Waals surface area contributed by atoms with E-state index in [9.17, 15) is 13.2 Å². The van der Waals surface area contributed by atoms with E-state index in [1.165, 1.54) is 6.07 Å². The van der Waals surface area contributed by atoms with Gasteiger partial charge in [0, 0.05) is 33.3 Å². The van der Waals surface area contributed by atoms with Crippen molar-refractivity contribution in [2.45, 2.75) is 11.3 Å². The Hall–Kier alpha value is -2.82. The molecule has 0 aliphatic carbocycles. The first-order valence-corrected chi connectivity index (χ1v) is 14.1. The Balaban J connectivity index is 1.43. The predicted octanol–water partition coefficient (Wildman–Crippen LogP) is 5.96. The molecule has 0 aromatic heterocycles. The zero-order valence-electron chi connectivity index (χ0n) is 19.6. The molecule has 0 radical (unpaired) electrons. The second kappa shape index (κ2) is 11.1. The van der Waals surface area contributed by atoms with Crippen molar-refractivity contribution in [3.63, 3.8) is 0 Å². The number of hydrogen-bond acceptors (Lipinski definition) is 5. The number of anilines is 1. The molecule has 0 bridgehead atoms. The Morgan fingerprint density at radius 3 is 2.31 bits per heavy atom. The Kier molecular flexibility index (Phi) is 8.07. The Morgan fingerprint density at radius 2 is 1.67 bits per heavy atom. The van der Waals surface area contributed by atoms with Crippen LogP contribution in [-0.4, -0.2) is 46.5 Å². The third-order valence-electron chi connectivity index (χ3n) is 5.82. The Morgan fingerprint density at radius 1 is 0.944 bits per heavy atom. The maximum absolute atomic E-state index is 13.0. The average molecular weight is 636 g/mol. The van der Waals surface area contributed by atoms with Gasteiger partial charge in [-0.3, -0.25) is 9.52 Å². The van der Waals surface area contributed by atoms with Crippen molar-refractivity contribution in [1.29, 1.82) is 0 Å². The van der Waals surface area contributed by atoms with Crippen LogP contribution in [0.1, 0.15) is 22.3 Å². The number of amides is 1. The molecule has 188 valence electrons. The summed E-state index contributed by atoms with van der Waals surface area (Å²) in [7, 11) is -0.604. The number of methoxy groups -OCH3 is 2. The van der Waals surface area contributed by atoms with Crippen LogP contribution >= 0.6 is 31.9 Å². The molecule has 36 heavy (non-hydrogen) atoms. The van der Waals surface area contributed by atoms with Crippen molar-refractivity contribution in [3.05, 3.63) is 86.8 Å². The van der Waals surface area contributed by atoms with Gasteiger partial charge in [-0.15, -0.1) is 0 Å². The number of nitrogens with zero attached hydrogens (tertiary/aromatic N) is 1. The van der Waals surface area contributed by atoms with Gasteiger partial charge in [-0.1, -0.05) is 28.1 Å². The Labute approximate surface area is 227 Å².